The van der Waals surface area contributed by atoms with Gasteiger partial charge in [-0.25, -0.2) is 4.39 Å². The summed E-state index contributed by atoms with van der Waals surface area (Å²) in [6.45, 7) is 6.95. The molecule has 4 nitrogen and oxygen atoms in total. The molecule has 29 heavy (non-hydrogen) atoms. The summed E-state index contributed by atoms with van der Waals surface area (Å²) in [5, 5.41) is 9.79. The molecule has 0 bridgehead atoms. The van der Waals surface area contributed by atoms with Gasteiger partial charge < -0.3 is 10.5 Å². The van der Waals surface area contributed by atoms with Crippen LogP contribution < -0.4 is 5.73 Å². The average molecular weight is 396 g/mol. The van der Waals surface area contributed by atoms with E-state index in [4.69, 9.17) is 10.5 Å². The van der Waals surface area contributed by atoms with E-state index < -0.39 is 5.41 Å². The monoisotopic (exact) mass is 395 g/mol. The maximum Gasteiger partial charge on any atom is 0.123 e. The van der Waals surface area contributed by atoms with Gasteiger partial charge in [-0.15, -0.1) is 0 Å². The third kappa shape index (κ3) is 5.02. The van der Waals surface area contributed by atoms with Crippen LogP contribution in [0.3, 0.4) is 0 Å². The number of nitriles is 1. The largest absolute Gasteiger partial charge is 0.371 e. The lowest BCUT2D eigenvalue weighted by atomic mass is 9.84. The predicted octanol–water partition coefficient (Wildman–Crippen LogP) is 4.42. The van der Waals surface area contributed by atoms with Gasteiger partial charge in [0.05, 0.1) is 30.2 Å². The van der Waals surface area contributed by atoms with Crippen LogP contribution in [-0.4, -0.2) is 29.6 Å². The molecule has 0 aromatic heterocycles. The number of hydrogen-bond donors (Lipinski definition) is 1. The van der Waals surface area contributed by atoms with Gasteiger partial charge in [0.25, 0.3) is 0 Å². The van der Waals surface area contributed by atoms with Crippen molar-refractivity contribution in [1.82, 2.24) is 4.90 Å². The molecule has 1 heterocycles. The van der Waals surface area contributed by atoms with Crippen LogP contribution in [-0.2, 0) is 11.3 Å². The van der Waals surface area contributed by atoms with Crippen LogP contribution in [0, 0.1) is 22.6 Å². The lowest BCUT2D eigenvalue weighted by Crippen LogP contribution is -2.46. The fourth-order valence-corrected chi connectivity index (χ4v) is 4.28. The van der Waals surface area contributed by atoms with Crippen molar-refractivity contribution in [2.75, 3.05) is 6.54 Å². The zero-order chi connectivity index (χ0) is 21.0. The fraction of sp³-hybridized carbons (Fsp3) is 0.458. The lowest BCUT2D eigenvalue weighted by Gasteiger charge is -2.37. The number of benzene rings is 2. The van der Waals surface area contributed by atoms with Crippen LogP contribution in [0.2, 0.25) is 0 Å². The summed E-state index contributed by atoms with van der Waals surface area (Å²) in [5.41, 5.74) is 7.53. The zero-order valence-corrected chi connectivity index (χ0v) is 17.4. The molecule has 0 aliphatic carbocycles. The lowest BCUT2D eigenvalue weighted by molar-refractivity contribution is 0.0130. The Morgan fingerprint density at radius 1 is 1.24 bits per heavy atom. The minimum absolute atomic E-state index is 0.0347. The van der Waals surface area contributed by atoms with Gasteiger partial charge in [0, 0.05) is 18.6 Å². The third-order valence-corrected chi connectivity index (χ3v) is 5.68. The summed E-state index contributed by atoms with van der Waals surface area (Å²) in [4.78, 5) is 2.25. The van der Waals surface area contributed by atoms with E-state index in [0.717, 1.165) is 11.1 Å². The molecule has 4 atom stereocenters. The van der Waals surface area contributed by atoms with Crippen LogP contribution in [0.4, 0.5) is 4.39 Å². The molecule has 1 aliphatic heterocycles. The first-order valence-corrected chi connectivity index (χ1v) is 10.2. The van der Waals surface area contributed by atoms with Gasteiger partial charge in [-0.3, -0.25) is 4.90 Å². The normalized spacial score (nSPS) is 23.7. The fourth-order valence-electron chi connectivity index (χ4n) is 4.28. The van der Waals surface area contributed by atoms with Gasteiger partial charge in [0.1, 0.15) is 5.82 Å². The van der Waals surface area contributed by atoms with Crippen molar-refractivity contribution in [3.05, 3.63) is 71.5 Å². The Morgan fingerprint density at radius 2 is 1.97 bits per heavy atom. The van der Waals surface area contributed by atoms with Gasteiger partial charge >= 0.3 is 0 Å². The predicted molar refractivity (Wildman–Crippen MR) is 112 cm³/mol. The average Bonchev–Trinajstić information content (AvgIpc) is 3.05. The molecule has 0 radical (unpaired) electrons. The van der Waals surface area contributed by atoms with Gasteiger partial charge in [-0.2, -0.15) is 5.26 Å². The summed E-state index contributed by atoms with van der Waals surface area (Å²) in [5.74, 6) is -0.270. The molecule has 3 unspecified atom stereocenters. The third-order valence-electron chi connectivity index (χ3n) is 5.68. The summed E-state index contributed by atoms with van der Waals surface area (Å²) in [7, 11) is 0. The number of rotatable bonds is 7. The van der Waals surface area contributed by atoms with E-state index >= 15 is 0 Å². The van der Waals surface area contributed by atoms with Crippen LogP contribution in [0.25, 0.3) is 0 Å². The number of likely N-dealkylation sites (tertiary alicyclic amines) is 1. The van der Waals surface area contributed by atoms with Gasteiger partial charge in [0.15, 0.2) is 0 Å². The Bertz CT molecular complexity index is 847. The molecular weight excluding hydrogens is 365 g/mol. The second-order valence-corrected chi connectivity index (χ2v) is 8.59. The van der Waals surface area contributed by atoms with E-state index in [0.29, 0.717) is 19.6 Å². The van der Waals surface area contributed by atoms with E-state index in [2.05, 4.69) is 11.0 Å². The number of halogens is 1. The number of hydrogen-bond acceptors (Lipinski definition) is 4. The van der Waals surface area contributed by atoms with Crippen molar-refractivity contribution in [3.8, 4) is 6.07 Å². The first kappa shape index (κ1) is 21.4. The van der Waals surface area contributed by atoms with Crippen molar-refractivity contribution in [1.29, 1.82) is 5.26 Å². The quantitative estimate of drug-likeness (QED) is 0.754. The Kier molecular flexibility index (Phi) is 6.69. The molecule has 0 amide bonds. The van der Waals surface area contributed by atoms with Crippen molar-refractivity contribution < 1.29 is 9.13 Å². The first-order valence-electron chi connectivity index (χ1n) is 10.2. The first-order chi connectivity index (χ1) is 13.8. The smallest absolute Gasteiger partial charge is 0.123 e. The Balaban J connectivity index is 1.95. The van der Waals surface area contributed by atoms with E-state index in [1.165, 1.54) is 6.07 Å². The van der Waals surface area contributed by atoms with Crippen molar-refractivity contribution in [3.63, 3.8) is 0 Å². The van der Waals surface area contributed by atoms with Gasteiger partial charge in [0.2, 0.25) is 0 Å². The Labute approximate surface area is 173 Å². The Hall–Kier alpha value is -2.26. The highest BCUT2D eigenvalue weighted by molar-refractivity contribution is 5.25. The highest BCUT2D eigenvalue weighted by atomic mass is 19.1. The number of nitrogens with two attached hydrogens (primary N) is 1. The number of nitrogens with zero attached hydrogens (tertiary/aromatic N) is 2. The van der Waals surface area contributed by atoms with Crippen molar-refractivity contribution in [2.45, 2.75) is 58.0 Å². The highest BCUT2D eigenvalue weighted by Crippen LogP contribution is 2.44. The molecule has 3 rings (SSSR count). The second kappa shape index (κ2) is 9.04. The SMILES string of the molecule is C[C@@H](N)CN1C(c2cccc(F)c2)C(OCc2ccccc2)CC1C(C)(C)C#N. The summed E-state index contributed by atoms with van der Waals surface area (Å²) < 4.78 is 20.4. The van der Waals surface area contributed by atoms with E-state index in [1.807, 2.05) is 57.2 Å². The molecule has 1 saturated heterocycles. The minimum Gasteiger partial charge on any atom is -0.371 e. The second-order valence-electron chi connectivity index (χ2n) is 8.59. The van der Waals surface area contributed by atoms with Gasteiger partial charge in [-0.05, 0) is 50.5 Å². The highest BCUT2D eigenvalue weighted by Gasteiger charge is 2.49. The molecule has 1 fully saturated rings. The van der Waals surface area contributed by atoms with Gasteiger partial charge in [-0.1, -0.05) is 42.5 Å². The molecule has 2 N–H and O–H groups in total. The van der Waals surface area contributed by atoms with Crippen LogP contribution in [0.5, 0.6) is 0 Å². The van der Waals surface area contributed by atoms with Crippen LogP contribution >= 0.6 is 0 Å². The maximum absolute atomic E-state index is 14.0. The van der Waals surface area contributed by atoms with Crippen molar-refractivity contribution in [2.24, 2.45) is 11.1 Å². The minimum atomic E-state index is -0.578. The standard InChI is InChI=1S/C24H30FN3O/c1-17(27)14-28-22(24(2,3)16-26)13-21(29-15-18-8-5-4-6-9-18)23(28)19-10-7-11-20(25)12-19/h4-12,17,21-23H,13-15,27H2,1-3H3/t17-,21?,22?,23?/m1/s1. The molecule has 154 valence electrons. The topological polar surface area (TPSA) is 62.3 Å². The van der Waals surface area contributed by atoms with E-state index in [1.54, 1.807) is 12.1 Å². The van der Waals surface area contributed by atoms with E-state index in [9.17, 15) is 9.65 Å². The summed E-state index contributed by atoms with van der Waals surface area (Å²) >= 11 is 0. The number of ether oxygens (including phenoxy) is 1. The van der Waals surface area contributed by atoms with Crippen molar-refractivity contribution >= 4 is 0 Å². The zero-order valence-electron chi connectivity index (χ0n) is 17.4. The molecule has 2 aromatic carbocycles. The molecule has 0 saturated carbocycles. The molecule has 0 spiro atoms. The van der Waals surface area contributed by atoms with Crippen LogP contribution in [0.15, 0.2) is 54.6 Å². The van der Waals surface area contributed by atoms with Crippen LogP contribution in [0.1, 0.15) is 44.4 Å². The Morgan fingerprint density at radius 3 is 2.59 bits per heavy atom. The molecule has 1 aliphatic rings. The summed E-state index contributed by atoms with van der Waals surface area (Å²) in [6, 6.07) is 18.9. The molecule has 2 aromatic rings. The molecule has 5 heteroatoms. The molecular formula is C24H30FN3O. The summed E-state index contributed by atoms with van der Waals surface area (Å²) in [6.07, 6.45) is 0.537. The van der Waals surface area contributed by atoms with E-state index in [-0.39, 0.29) is 30.0 Å². The maximum atomic E-state index is 14.0.